The van der Waals surface area contributed by atoms with Gasteiger partial charge in [-0.1, -0.05) is 6.07 Å². The number of rotatable bonds is 5. The van der Waals surface area contributed by atoms with E-state index in [1.54, 1.807) is 0 Å². The lowest BCUT2D eigenvalue weighted by atomic mass is 9.97. The van der Waals surface area contributed by atoms with Crippen LogP contribution in [0.4, 0.5) is 5.69 Å². The van der Waals surface area contributed by atoms with Gasteiger partial charge in [0.1, 0.15) is 0 Å². The van der Waals surface area contributed by atoms with E-state index in [0.717, 1.165) is 25.7 Å². The summed E-state index contributed by atoms with van der Waals surface area (Å²) in [6.07, 6.45) is 2.35. The summed E-state index contributed by atoms with van der Waals surface area (Å²) in [4.78, 5) is 12.6. The summed E-state index contributed by atoms with van der Waals surface area (Å²) in [5, 5.41) is 14.2. The lowest BCUT2D eigenvalue weighted by molar-refractivity contribution is -0.385. The van der Waals surface area contributed by atoms with Crippen molar-refractivity contribution in [1.82, 2.24) is 14.5 Å². The minimum absolute atomic E-state index is 0. The number of halogens is 1. The number of nitrogens with zero attached hydrogens (tertiary/aromatic N) is 3. The quantitative estimate of drug-likeness (QED) is 0.587. The summed E-state index contributed by atoms with van der Waals surface area (Å²) in [6.45, 7) is 5.41. The fourth-order valence-electron chi connectivity index (χ4n) is 3.49. The molecule has 0 amide bonds. The predicted octanol–water partition coefficient (Wildman–Crippen LogP) is 1.32. The maximum Gasteiger partial charge on any atom is 0.270 e. The lowest BCUT2D eigenvalue weighted by Gasteiger charge is -2.36. The van der Waals surface area contributed by atoms with Crippen LogP contribution in [0.2, 0.25) is 0 Å². The Balaban J connectivity index is 0.00000243. The first kappa shape index (κ1) is 21.0. The van der Waals surface area contributed by atoms with Crippen LogP contribution in [0.3, 0.4) is 0 Å². The molecule has 0 aromatic heterocycles. The third-order valence-electron chi connectivity index (χ3n) is 4.97. The molecule has 1 aromatic rings. The van der Waals surface area contributed by atoms with Crippen molar-refractivity contribution in [3.8, 4) is 0 Å². The summed E-state index contributed by atoms with van der Waals surface area (Å²) >= 11 is 0. The van der Waals surface area contributed by atoms with Gasteiger partial charge in [-0.15, -0.1) is 12.4 Å². The van der Waals surface area contributed by atoms with Crippen LogP contribution in [0.15, 0.2) is 29.2 Å². The highest BCUT2D eigenvalue weighted by Gasteiger charge is 2.30. The van der Waals surface area contributed by atoms with E-state index in [1.165, 1.54) is 35.3 Å². The zero-order chi connectivity index (χ0) is 17.9. The van der Waals surface area contributed by atoms with Crippen molar-refractivity contribution in [1.29, 1.82) is 0 Å². The molecular weight excluding hydrogens is 380 g/mol. The molecule has 3 rings (SSSR count). The van der Waals surface area contributed by atoms with Gasteiger partial charge in [0.05, 0.1) is 9.82 Å². The third kappa shape index (κ3) is 4.92. The number of nitro benzene ring substituents is 1. The minimum atomic E-state index is -3.68. The molecule has 1 aromatic carbocycles. The first-order chi connectivity index (χ1) is 12.0. The second kappa shape index (κ2) is 9.09. The van der Waals surface area contributed by atoms with Crippen molar-refractivity contribution in [2.75, 3.05) is 45.8 Å². The molecule has 2 saturated heterocycles. The number of non-ortho nitro benzene ring substituents is 1. The van der Waals surface area contributed by atoms with Crippen LogP contribution < -0.4 is 5.32 Å². The highest BCUT2D eigenvalue weighted by molar-refractivity contribution is 7.89. The Bertz CT molecular complexity index is 717. The first-order valence-electron chi connectivity index (χ1n) is 8.64. The molecule has 2 heterocycles. The number of piperazine rings is 1. The summed E-state index contributed by atoms with van der Waals surface area (Å²) in [5.74, 6) is 0.682. The normalized spacial score (nSPS) is 20.5. The van der Waals surface area contributed by atoms with Crippen molar-refractivity contribution in [3.05, 3.63) is 34.4 Å². The Hall–Kier alpha value is -1.26. The van der Waals surface area contributed by atoms with Crippen LogP contribution in [0.25, 0.3) is 0 Å². The average molecular weight is 405 g/mol. The van der Waals surface area contributed by atoms with Gasteiger partial charge in [-0.2, -0.15) is 4.31 Å². The topological polar surface area (TPSA) is 95.8 Å². The molecule has 1 N–H and O–H groups in total. The predicted molar refractivity (Wildman–Crippen MR) is 101 cm³/mol. The maximum atomic E-state index is 12.7. The molecule has 0 bridgehead atoms. The Morgan fingerprint density at radius 1 is 1.15 bits per heavy atom. The Morgan fingerprint density at radius 3 is 2.42 bits per heavy atom. The Labute approximate surface area is 160 Å². The fraction of sp³-hybridized carbons (Fsp3) is 0.625. The van der Waals surface area contributed by atoms with Gasteiger partial charge in [-0.3, -0.25) is 10.1 Å². The van der Waals surface area contributed by atoms with Crippen molar-refractivity contribution in [2.24, 2.45) is 5.92 Å². The van der Waals surface area contributed by atoms with Crippen molar-refractivity contribution < 1.29 is 13.3 Å². The van der Waals surface area contributed by atoms with E-state index in [1.807, 2.05) is 0 Å². The Morgan fingerprint density at radius 2 is 1.81 bits per heavy atom. The van der Waals surface area contributed by atoms with E-state index in [4.69, 9.17) is 0 Å². The Kier molecular flexibility index (Phi) is 7.36. The van der Waals surface area contributed by atoms with Crippen LogP contribution in [0, 0.1) is 16.0 Å². The van der Waals surface area contributed by atoms with Gasteiger partial charge >= 0.3 is 0 Å². The molecule has 10 heteroatoms. The number of sulfonamides is 1. The molecule has 0 unspecified atom stereocenters. The van der Waals surface area contributed by atoms with Crippen molar-refractivity contribution >= 4 is 28.1 Å². The zero-order valence-electron chi connectivity index (χ0n) is 14.5. The highest BCUT2D eigenvalue weighted by Crippen LogP contribution is 2.22. The maximum absolute atomic E-state index is 12.7. The number of nitrogens with one attached hydrogen (secondary N) is 1. The highest BCUT2D eigenvalue weighted by atomic mass is 35.5. The summed E-state index contributed by atoms with van der Waals surface area (Å²) < 4.78 is 26.9. The van der Waals surface area contributed by atoms with Crippen LogP contribution in [-0.2, 0) is 10.0 Å². The standard InChI is InChI=1S/C16H24N4O4S.ClH/c21-20(22)15-2-1-3-16(12-15)25(23,24)19-10-8-18(9-11-19)13-14-4-6-17-7-5-14;/h1-3,12,14,17H,4-11,13H2;1H. The first-order valence-corrected chi connectivity index (χ1v) is 10.1. The van der Waals surface area contributed by atoms with E-state index in [-0.39, 0.29) is 23.0 Å². The minimum Gasteiger partial charge on any atom is -0.317 e. The SMILES string of the molecule is Cl.O=[N+]([O-])c1cccc(S(=O)(=O)N2CCN(CC3CCNCC3)CC2)c1. The van der Waals surface area contributed by atoms with Crippen molar-refractivity contribution in [3.63, 3.8) is 0 Å². The fourth-order valence-corrected chi connectivity index (χ4v) is 4.95. The van der Waals surface area contributed by atoms with E-state index in [9.17, 15) is 18.5 Å². The van der Waals surface area contributed by atoms with Gasteiger partial charge in [0, 0.05) is 44.9 Å². The van der Waals surface area contributed by atoms with Gasteiger partial charge in [-0.05, 0) is 37.9 Å². The third-order valence-corrected chi connectivity index (χ3v) is 6.87. The van der Waals surface area contributed by atoms with E-state index >= 15 is 0 Å². The molecule has 2 aliphatic rings. The molecule has 26 heavy (non-hydrogen) atoms. The molecule has 146 valence electrons. The molecule has 0 aliphatic carbocycles. The molecular formula is C16H25ClN4O4S. The molecule has 0 spiro atoms. The second-order valence-corrected chi connectivity index (χ2v) is 8.59. The summed E-state index contributed by atoms with van der Waals surface area (Å²) in [6, 6.07) is 5.27. The zero-order valence-corrected chi connectivity index (χ0v) is 16.2. The number of benzene rings is 1. The van der Waals surface area contributed by atoms with Crippen LogP contribution in [0.5, 0.6) is 0 Å². The number of hydrogen-bond acceptors (Lipinski definition) is 6. The monoisotopic (exact) mass is 404 g/mol. The molecule has 2 fully saturated rings. The van der Waals surface area contributed by atoms with Crippen LogP contribution in [-0.4, -0.2) is 68.4 Å². The summed E-state index contributed by atoms with van der Waals surface area (Å²) in [7, 11) is -3.68. The van der Waals surface area contributed by atoms with Gasteiger partial charge in [-0.25, -0.2) is 8.42 Å². The average Bonchev–Trinajstić information content (AvgIpc) is 2.63. The lowest BCUT2D eigenvalue weighted by Crippen LogP contribution is -2.50. The molecule has 0 radical (unpaired) electrons. The largest absolute Gasteiger partial charge is 0.317 e. The van der Waals surface area contributed by atoms with Gasteiger partial charge in [0.15, 0.2) is 0 Å². The molecule has 0 saturated carbocycles. The van der Waals surface area contributed by atoms with E-state index in [2.05, 4.69) is 10.2 Å². The van der Waals surface area contributed by atoms with Crippen LogP contribution >= 0.6 is 12.4 Å². The molecule has 8 nitrogen and oxygen atoms in total. The molecule has 2 aliphatic heterocycles. The van der Waals surface area contributed by atoms with Gasteiger partial charge in [0.2, 0.25) is 10.0 Å². The molecule has 0 atom stereocenters. The number of piperidine rings is 1. The number of hydrogen-bond donors (Lipinski definition) is 1. The number of nitro groups is 1. The van der Waals surface area contributed by atoms with Crippen LogP contribution in [0.1, 0.15) is 12.8 Å². The second-order valence-electron chi connectivity index (χ2n) is 6.65. The smallest absolute Gasteiger partial charge is 0.270 e. The van der Waals surface area contributed by atoms with Gasteiger partial charge < -0.3 is 10.2 Å². The van der Waals surface area contributed by atoms with E-state index < -0.39 is 14.9 Å². The van der Waals surface area contributed by atoms with Crippen molar-refractivity contribution in [2.45, 2.75) is 17.7 Å². The van der Waals surface area contributed by atoms with E-state index in [0.29, 0.717) is 32.1 Å². The summed E-state index contributed by atoms with van der Waals surface area (Å²) in [5.41, 5.74) is -0.203. The van der Waals surface area contributed by atoms with Gasteiger partial charge in [0.25, 0.3) is 5.69 Å².